The first-order chi connectivity index (χ1) is 16.0. The molecule has 0 fully saturated rings. The Bertz CT molecular complexity index is 1110. The van der Waals surface area contributed by atoms with Gasteiger partial charge in [-0.25, -0.2) is 12.8 Å². The van der Waals surface area contributed by atoms with Gasteiger partial charge in [0.05, 0.1) is 22.0 Å². The summed E-state index contributed by atoms with van der Waals surface area (Å²) in [4.78, 5) is 27.7. The molecule has 0 aliphatic carbocycles. The molecule has 0 aromatic heterocycles. The molecule has 2 aromatic carbocycles. The summed E-state index contributed by atoms with van der Waals surface area (Å²) in [6.07, 6.45) is 1.98. The van der Waals surface area contributed by atoms with Crippen LogP contribution in [0.15, 0.2) is 42.5 Å². The third-order valence-corrected chi connectivity index (χ3v) is 6.95. The fourth-order valence-corrected chi connectivity index (χ4v) is 4.51. The summed E-state index contributed by atoms with van der Waals surface area (Å²) in [6.45, 7) is 3.56. The largest absolute Gasteiger partial charge is 0.354 e. The van der Waals surface area contributed by atoms with E-state index in [4.69, 9.17) is 23.2 Å². The minimum absolute atomic E-state index is 0.00872. The van der Waals surface area contributed by atoms with E-state index in [-0.39, 0.29) is 18.1 Å². The number of hydrogen-bond acceptors (Lipinski definition) is 4. The molecule has 11 heteroatoms. The maximum Gasteiger partial charge on any atom is 0.244 e. The molecule has 0 aliphatic heterocycles. The minimum atomic E-state index is -3.89. The van der Waals surface area contributed by atoms with Crippen molar-refractivity contribution in [3.63, 3.8) is 0 Å². The van der Waals surface area contributed by atoms with Gasteiger partial charge in [0, 0.05) is 13.1 Å². The van der Waals surface area contributed by atoms with Crippen molar-refractivity contribution < 1.29 is 22.4 Å². The summed E-state index contributed by atoms with van der Waals surface area (Å²) in [6, 6.07) is 8.78. The van der Waals surface area contributed by atoms with E-state index in [0.717, 1.165) is 29.1 Å². The minimum Gasteiger partial charge on any atom is -0.354 e. The lowest BCUT2D eigenvalue weighted by Gasteiger charge is -2.33. The zero-order valence-corrected chi connectivity index (χ0v) is 21.6. The maximum absolute atomic E-state index is 13.5. The molecule has 0 saturated heterocycles. The zero-order chi connectivity index (χ0) is 25.5. The van der Waals surface area contributed by atoms with Crippen LogP contribution in [0, 0.1) is 5.82 Å². The van der Waals surface area contributed by atoms with E-state index in [1.165, 1.54) is 17.0 Å². The van der Waals surface area contributed by atoms with Crippen molar-refractivity contribution in [1.82, 2.24) is 10.2 Å². The average Bonchev–Trinajstić information content (AvgIpc) is 2.78. The number of nitrogens with one attached hydrogen (secondary N) is 1. The zero-order valence-electron chi connectivity index (χ0n) is 19.2. The molecule has 34 heavy (non-hydrogen) atoms. The van der Waals surface area contributed by atoms with Gasteiger partial charge in [0.1, 0.15) is 18.4 Å². The Morgan fingerprint density at radius 3 is 2.24 bits per heavy atom. The predicted octanol–water partition coefficient (Wildman–Crippen LogP) is 4.23. The second-order valence-electron chi connectivity index (χ2n) is 7.73. The highest BCUT2D eigenvalue weighted by Crippen LogP contribution is 2.25. The van der Waals surface area contributed by atoms with Gasteiger partial charge in [-0.15, -0.1) is 0 Å². The topological polar surface area (TPSA) is 86.8 Å². The first-order valence-corrected chi connectivity index (χ1v) is 13.3. The molecule has 7 nitrogen and oxygen atoms in total. The molecular weight excluding hydrogens is 504 g/mol. The van der Waals surface area contributed by atoms with E-state index < -0.39 is 34.3 Å². The van der Waals surface area contributed by atoms with Crippen molar-refractivity contribution in [3.8, 4) is 0 Å². The summed E-state index contributed by atoms with van der Waals surface area (Å²) in [5.41, 5.74) is 0.757. The molecule has 0 saturated carbocycles. The predicted molar refractivity (Wildman–Crippen MR) is 133 cm³/mol. The molecule has 186 valence electrons. The smallest absolute Gasteiger partial charge is 0.244 e. The van der Waals surface area contributed by atoms with E-state index >= 15 is 0 Å². The number of carbonyl (C=O) groups is 2. The Morgan fingerprint density at radius 1 is 1.06 bits per heavy atom. The lowest BCUT2D eigenvalue weighted by atomic mass is 10.1. The van der Waals surface area contributed by atoms with Crippen LogP contribution in [0.2, 0.25) is 10.0 Å². The van der Waals surface area contributed by atoms with E-state index in [0.29, 0.717) is 28.6 Å². The van der Waals surface area contributed by atoms with Crippen LogP contribution in [0.1, 0.15) is 32.3 Å². The average molecular weight is 532 g/mol. The molecule has 0 aliphatic rings. The van der Waals surface area contributed by atoms with E-state index in [1.807, 2.05) is 6.92 Å². The molecule has 0 radical (unpaired) electrons. The molecule has 2 amide bonds. The maximum atomic E-state index is 13.5. The van der Waals surface area contributed by atoms with Gasteiger partial charge in [-0.05, 0) is 54.8 Å². The quantitative estimate of drug-likeness (QED) is 0.469. The Balaban J connectivity index is 2.43. The fraction of sp³-hybridized carbons (Fsp3) is 0.391. The Kier molecular flexibility index (Phi) is 10.1. The highest BCUT2D eigenvalue weighted by atomic mass is 35.5. The van der Waals surface area contributed by atoms with Crippen molar-refractivity contribution in [3.05, 3.63) is 63.9 Å². The number of nitrogens with zero attached hydrogens (tertiary/aromatic N) is 2. The Hall–Kier alpha value is -2.36. The number of benzene rings is 2. The SMILES string of the molecule is CCCNC(=O)C(CC)N(Cc1ccc(Cl)c(Cl)c1)C(=O)CN(c1ccc(F)cc1)S(C)(=O)=O. The highest BCUT2D eigenvalue weighted by Gasteiger charge is 2.31. The van der Waals surface area contributed by atoms with Crippen molar-refractivity contribution in [2.24, 2.45) is 0 Å². The lowest BCUT2D eigenvalue weighted by Crippen LogP contribution is -2.52. The van der Waals surface area contributed by atoms with Crippen molar-refractivity contribution in [2.45, 2.75) is 39.3 Å². The normalized spacial score (nSPS) is 12.2. The van der Waals surface area contributed by atoms with E-state index in [1.54, 1.807) is 25.1 Å². The van der Waals surface area contributed by atoms with Crippen LogP contribution < -0.4 is 9.62 Å². The summed E-state index contributed by atoms with van der Waals surface area (Å²) in [7, 11) is -3.89. The molecule has 2 rings (SSSR count). The Morgan fingerprint density at radius 2 is 1.71 bits per heavy atom. The van der Waals surface area contributed by atoms with Crippen LogP contribution in [0.4, 0.5) is 10.1 Å². The van der Waals surface area contributed by atoms with Crippen molar-refractivity contribution in [1.29, 1.82) is 0 Å². The summed E-state index contributed by atoms with van der Waals surface area (Å²) in [5, 5.41) is 3.43. The molecule has 1 unspecified atom stereocenters. The lowest BCUT2D eigenvalue weighted by molar-refractivity contribution is -0.140. The molecular formula is C23H28Cl2FN3O4S. The van der Waals surface area contributed by atoms with Gasteiger partial charge in [0.15, 0.2) is 0 Å². The first kappa shape index (κ1) is 27.9. The second kappa shape index (κ2) is 12.4. The highest BCUT2D eigenvalue weighted by molar-refractivity contribution is 7.92. The van der Waals surface area contributed by atoms with Crippen LogP contribution >= 0.6 is 23.2 Å². The van der Waals surface area contributed by atoms with Crippen LogP contribution in [0.5, 0.6) is 0 Å². The molecule has 0 spiro atoms. The van der Waals surface area contributed by atoms with Crippen LogP contribution in [-0.4, -0.2) is 50.5 Å². The number of halogens is 3. The molecule has 1 N–H and O–H groups in total. The summed E-state index contributed by atoms with van der Waals surface area (Å²) >= 11 is 12.1. The summed E-state index contributed by atoms with van der Waals surface area (Å²) < 4.78 is 39.2. The molecule has 1 atom stereocenters. The monoisotopic (exact) mass is 531 g/mol. The van der Waals surface area contributed by atoms with Crippen molar-refractivity contribution >= 4 is 50.7 Å². The number of sulfonamides is 1. The Labute approximate surface area is 209 Å². The number of rotatable bonds is 11. The standard InChI is InChI=1S/C23H28Cl2FN3O4S/c1-4-12-27-23(31)21(5-2)28(14-16-6-11-19(24)20(25)13-16)22(30)15-29(34(3,32)33)18-9-7-17(26)8-10-18/h6-11,13,21H,4-5,12,14-15H2,1-3H3,(H,27,31). The first-order valence-electron chi connectivity index (χ1n) is 10.7. The third-order valence-electron chi connectivity index (χ3n) is 5.07. The van der Waals surface area contributed by atoms with Gasteiger partial charge < -0.3 is 10.2 Å². The van der Waals surface area contributed by atoms with Gasteiger partial charge in [-0.3, -0.25) is 13.9 Å². The van der Waals surface area contributed by atoms with Gasteiger partial charge in [-0.2, -0.15) is 0 Å². The van der Waals surface area contributed by atoms with Crippen LogP contribution in [-0.2, 0) is 26.2 Å². The van der Waals surface area contributed by atoms with Crippen LogP contribution in [0.25, 0.3) is 0 Å². The van der Waals surface area contributed by atoms with E-state index in [9.17, 15) is 22.4 Å². The summed E-state index contributed by atoms with van der Waals surface area (Å²) in [5.74, 6) is -1.48. The van der Waals surface area contributed by atoms with Gasteiger partial charge in [0.25, 0.3) is 0 Å². The van der Waals surface area contributed by atoms with Crippen molar-refractivity contribution in [2.75, 3.05) is 23.7 Å². The number of carbonyl (C=O) groups excluding carboxylic acids is 2. The van der Waals surface area contributed by atoms with Gasteiger partial charge in [-0.1, -0.05) is 43.1 Å². The molecule has 0 heterocycles. The fourth-order valence-electron chi connectivity index (χ4n) is 3.34. The number of amides is 2. The van der Waals surface area contributed by atoms with Gasteiger partial charge in [0.2, 0.25) is 21.8 Å². The number of anilines is 1. The van der Waals surface area contributed by atoms with Crippen LogP contribution in [0.3, 0.4) is 0 Å². The van der Waals surface area contributed by atoms with E-state index in [2.05, 4.69) is 5.32 Å². The molecule has 0 bridgehead atoms. The number of hydrogen-bond donors (Lipinski definition) is 1. The molecule has 2 aromatic rings. The van der Waals surface area contributed by atoms with Gasteiger partial charge >= 0.3 is 0 Å². The second-order valence-corrected chi connectivity index (χ2v) is 10.5. The third kappa shape index (κ3) is 7.58.